The Morgan fingerprint density at radius 3 is 2.68 bits per heavy atom. The van der Waals surface area contributed by atoms with Crippen molar-refractivity contribution in [2.24, 2.45) is 5.92 Å². The fourth-order valence-corrected chi connectivity index (χ4v) is 4.89. The number of rotatable bonds is 16. The first-order chi connectivity index (χ1) is 17.9. The molecule has 0 aliphatic carbocycles. The Hall–Kier alpha value is -2.88. The highest BCUT2D eigenvalue weighted by Crippen LogP contribution is 2.21. The minimum absolute atomic E-state index is 0.116. The highest BCUT2D eigenvalue weighted by molar-refractivity contribution is 7.98. The monoisotopic (exact) mass is 525 g/mol. The maximum absolute atomic E-state index is 13.1. The number of aliphatic carboxylic acids is 1. The molecule has 0 radical (unpaired) electrons. The van der Waals surface area contributed by atoms with Crippen molar-refractivity contribution < 1.29 is 14.7 Å². The number of imidazole rings is 1. The van der Waals surface area contributed by atoms with Crippen LogP contribution < -0.4 is 10.6 Å². The molecule has 1 amide bonds. The van der Waals surface area contributed by atoms with Gasteiger partial charge in [0, 0.05) is 37.6 Å². The van der Waals surface area contributed by atoms with Crippen molar-refractivity contribution >= 4 is 34.4 Å². The molecular weight excluding hydrogens is 486 g/mol. The first-order valence-electron chi connectivity index (χ1n) is 12.8. The number of carboxylic acid groups (broad SMARTS) is 1. The summed E-state index contributed by atoms with van der Waals surface area (Å²) in [7, 11) is 0. The lowest BCUT2D eigenvalue weighted by Gasteiger charge is -2.31. The van der Waals surface area contributed by atoms with Gasteiger partial charge in [0.1, 0.15) is 6.04 Å². The third-order valence-electron chi connectivity index (χ3n) is 6.78. The second-order valence-electron chi connectivity index (χ2n) is 9.50. The standard InChI is InChI=1S/C28H39N5O3S/c1-4-20(2)26(30-15-23-14-29-19-31-23)17-33(18-27(34)32-25(28(35)36)12-13-37-3)16-22-10-7-9-21-8-5-6-11-24(21)22/h5-11,14,19-20,25-26,30H,4,12-13,15-18H2,1-3H3,(H,29,31)(H,32,34)(H,35,36)/t20?,25-,26+/m0/s1. The lowest BCUT2D eigenvalue weighted by atomic mass is 9.97. The normalized spacial score (nSPS) is 13.9. The molecule has 0 spiro atoms. The lowest BCUT2D eigenvalue weighted by Crippen LogP contribution is -2.49. The van der Waals surface area contributed by atoms with Crippen LogP contribution in [0, 0.1) is 5.92 Å². The molecule has 1 unspecified atom stereocenters. The number of aromatic nitrogens is 2. The van der Waals surface area contributed by atoms with Gasteiger partial charge in [-0.15, -0.1) is 0 Å². The molecule has 3 rings (SSSR count). The molecule has 0 bridgehead atoms. The summed E-state index contributed by atoms with van der Waals surface area (Å²) in [6.07, 6.45) is 6.79. The molecule has 3 atom stereocenters. The molecule has 37 heavy (non-hydrogen) atoms. The van der Waals surface area contributed by atoms with Crippen molar-refractivity contribution in [1.82, 2.24) is 25.5 Å². The molecule has 0 fully saturated rings. The summed E-state index contributed by atoms with van der Waals surface area (Å²) in [5.41, 5.74) is 2.14. The number of hydrogen-bond donors (Lipinski definition) is 4. The van der Waals surface area contributed by atoms with E-state index in [0.29, 0.717) is 37.7 Å². The SMILES string of the molecule is CCC(C)[C@@H](CN(CC(=O)N[C@@H](CCSC)C(=O)O)Cc1cccc2ccccc12)NCc1cnc[nH]1. The summed E-state index contributed by atoms with van der Waals surface area (Å²) >= 11 is 1.57. The summed E-state index contributed by atoms with van der Waals surface area (Å²) in [5.74, 6) is -0.230. The fraction of sp³-hybridized carbons (Fsp3) is 0.464. The molecule has 1 heterocycles. The Balaban J connectivity index is 1.80. The number of hydrogen-bond acceptors (Lipinski definition) is 6. The molecule has 4 N–H and O–H groups in total. The minimum Gasteiger partial charge on any atom is -0.480 e. The number of fused-ring (bicyclic) bond motifs is 1. The van der Waals surface area contributed by atoms with E-state index < -0.39 is 12.0 Å². The predicted octanol–water partition coefficient (Wildman–Crippen LogP) is 3.89. The molecule has 3 aromatic rings. The van der Waals surface area contributed by atoms with Crippen LogP contribution in [0.1, 0.15) is 37.9 Å². The third-order valence-corrected chi connectivity index (χ3v) is 7.42. The Bertz CT molecular complexity index is 1120. The fourth-order valence-electron chi connectivity index (χ4n) is 4.42. The summed E-state index contributed by atoms with van der Waals surface area (Å²) in [6, 6.07) is 13.7. The summed E-state index contributed by atoms with van der Waals surface area (Å²) in [6.45, 7) is 6.37. The van der Waals surface area contributed by atoms with Crippen LogP contribution in [0.4, 0.5) is 0 Å². The number of aromatic amines is 1. The van der Waals surface area contributed by atoms with E-state index in [0.717, 1.165) is 28.5 Å². The van der Waals surface area contributed by atoms with Crippen LogP contribution in [0.5, 0.6) is 0 Å². The van der Waals surface area contributed by atoms with Gasteiger partial charge in [-0.3, -0.25) is 9.69 Å². The van der Waals surface area contributed by atoms with E-state index in [9.17, 15) is 14.7 Å². The van der Waals surface area contributed by atoms with E-state index in [4.69, 9.17) is 0 Å². The van der Waals surface area contributed by atoms with Crippen molar-refractivity contribution in [2.45, 2.75) is 51.9 Å². The number of nitrogens with zero attached hydrogens (tertiary/aromatic N) is 2. The second-order valence-corrected chi connectivity index (χ2v) is 10.5. The van der Waals surface area contributed by atoms with Crippen LogP contribution in [0.3, 0.4) is 0 Å². The predicted molar refractivity (Wildman–Crippen MR) is 150 cm³/mol. The molecule has 200 valence electrons. The van der Waals surface area contributed by atoms with E-state index in [-0.39, 0.29) is 18.5 Å². The number of carbonyl (C=O) groups excluding carboxylic acids is 1. The summed E-state index contributed by atoms with van der Waals surface area (Å²) < 4.78 is 0. The van der Waals surface area contributed by atoms with Crippen molar-refractivity contribution in [3.63, 3.8) is 0 Å². The average molecular weight is 526 g/mol. The molecule has 0 saturated heterocycles. The molecule has 0 saturated carbocycles. The summed E-state index contributed by atoms with van der Waals surface area (Å²) in [4.78, 5) is 34.2. The third kappa shape index (κ3) is 8.87. The smallest absolute Gasteiger partial charge is 0.326 e. The number of thioether (sulfide) groups is 1. The van der Waals surface area contributed by atoms with Gasteiger partial charge in [-0.2, -0.15) is 11.8 Å². The molecule has 2 aromatic carbocycles. The Labute approximate surface area is 223 Å². The highest BCUT2D eigenvalue weighted by Gasteiger charge is 2.24. The van der Waals surface area contributed by atoms with Gasteiger partial charge < -0.3 is 20.7 Å². The Morgan fingerprint density at radius 1 is 1.19 bits per heavy atom. The number of carbonyl (C=O) groups is 2. The molecular formula is C28H39N5O3S. The van der Waals surface area contributed by atoms with Crippen LogP contribution in [0.2, 0.25) is 0 Å². The van der Waals surface area contributed by atoms with Crippen LogP contribution >= 0.6 is 11.8 Å². The zero-order chi connectivity index (χ0) is 26.6. The van der Waals surface area contributed by atoms with Gasteiger partial charge in [0.2, 0.25) is 5.91 Å². The van der Waals surface area contributed by atoms with Gasteiger partial charge in [0.05, 0.1) is 12.9 Å². The van der Waals surface area contributed by atoms with Crippen LogP contribution in [0.15, 0.2) is 55.0 Å². The van der Waals surface area contributed by atoms with Gasteiger partial charge in [0.25, 0.3) is 0 Å². The van der Waals surface area contributed by atoms with Gasteiger partial charge in [-0.1, -0.05) is 62.7 Å². The zero-order valence-electron chi connectivity index (χ0n) is 21.9. The number of amides is 1. The zero-order valence-corrected chi connectivity index (χ0v) is 22.8. The first kappa shape index (κ1) is 28.7. The average Bonchev–Trinajstić information content (AvgIpc) is 3.42. The molecule has 0 aliphatic heterocycles. The van der Waals surface area contributed by atoms with Gasteiger partial charge in [-0.05, 0) is 40.7 Å². The van der Waals surface area contributed by atoms with Crippen LogP contribution in [-0.2, 0) is 22.7 Å². The van der Waals surface area contributed by atoms with Crippen molar-refractivity contribution in [2.75, 3.05) is 25.1 Å². The second kappa shape index (κ2) is 14.8. The molecule has 9 heteroatoms. The topological polar surface area (TPSA) is 110 Å². The van der Waals surface area contributed by atoms with Crippen LogP contribution in [0.25, 0.3) is 10.8 Å². The molecule has 1 aromatic heterocycles. The van der Waals surface area contributed by atoms with Gasteiger partial charge >= 0.3 is 5.97 Å². The van der Waals surface area contributed by atoms with E-state index in [2.05, 4.69) is 63.6 Å². The van der Waals surface area contributed by atoms with E-state index >= 15 is 0 Å². The van der Waals surface area contributed by atoms with E-state index in [1.165, 1.54) is 0 Å². The van der Waals surface area contributed by atoms with Gasteiger partial charge in [0.15, 0.2) is 0 Å². The number of H-pyrrole nitrogens is 1. The van der Waals surface area contributed by atoms with Gasteiger partial charge in [-0.25, -0.2) is 9.78 Å². The number of benzene rings is 2. The molecule has 0 aliphatic rings. The van der Waals surface area contributed by atoms with Crippen LogP contribution in [-0.4, -0.2) is 69.0 Å². The number of carboxylic acids is 1. The maximum atomic E-state index is 13.1. The quantitative estimate of drug-likeness (QED) is 0.225. The summed E-state index contributed by atoms with van der Waals surface area (Å²) in [5, 5.41) is 18.3. The van der Waals surface area contributed by atoms with Crippen molar-refractivity contribution in [3.05, 3.63) is 66.2 Å². The highest BCUT2D eigenvalue weighted by atomic mass is 32.2. The molecule has 8 nitrogen and oxygen atoms in total. The van der Waals surface area contributed by atoms with E-state index in [1.54, 1.807) is 18.1 Å². The Morgan fingerprint density at radius 2 is 1.97 bits per heavy atom. The Kier molecular flexibility index (Phi) is 11.4. The van der Waals surface area contributed by atoms with Crippen molar-refractivity contribution in [3.8, 4) is 0 Å². The minimum atomic E-state index is -0.998. The van der Waals surface area contributed by atoms with Crippen molar-refractivity contribution in [1.29, 1.82) is 0 Å². The van der Waals surface area contributed by atoms with E-state index in [1.807, 2.05) is 30.7 Å². The maximum Gasteiger partial charge on any atom is 0.326 e. The largest absolute Gasteiger partial charge is 0.480 e. The lowest BCUT2D eigenvalue weighted by molar-refractivity contribution is -0.142. The number of nitrogens with one attached hydrogen (secondary N) is 3. The first-order valence-corrected chi connectivity index (χ1v) is 14.2.